The molecule has 1 N–H and O–H groups in total. The third kappa shape index (κ3) is 3.86. The van der Waals surface area contributed by atoms with E-state index >= 15 is 0 Å². The van der Waals surface area contributed by atoms with Gasteiger partial charge < -0.3 is 5.32 Å². The molecule has 1 aromatic heterocycles. The van der Waals surface area contributed by atoms with Gasteiger partial charge in [-0.25, -0.2) is 4.68 Å². The minimum Gasteiger partial charge on any atom is -0.324 e. The summed E-state index contributed by atoms with van der Waals surface area (Å²) in [6, 6.07) is 15.7. The average Bonchev–Trinajstić information content (AvgIpc) is 2.74. The number of aryl methyl sites for hydroxylation is 1. The van der Waals surface area contributed by atoms with Gasteiger partial charge in [0.15, 0.2) is 0 Å². The lowest BCUT2D eigenvalue weighted by Gasteiger charge is -2.20. The van der Waals surface area contributed by atoms with Crippen molar-refractivity contribution in [3.8, 4) is 11.3 Å². The lowest BCUT2D eigenvalue weighted by atomic mass is 9.90. The zero-order valence-corrected chi connectivity index (χ0v) is 16.9. The van der Waals surface area contributed by atoms with Crippen LogP contribution in [-0.2, 0) is 24.2 Å². The van der Waals surface area contributed by atoms with E-state index in [2.05, 4.69) is 10.4 Å². The van der Waals surface area contributed by atoms with E-state index in [4.69, 9.17) is 0 Å². The molecule has 1 aliphatic carbocycles. The normalized spacial score (nSPS) is 13.0. The van der Waals surface area contributed by atoms with Crippen LogP contribution in [0.4, 0.5) is 5.69 Å². The zero-order chi connectivity index (χ0) is 20.4. The van der Waals surface area contributed by atoms with Crippen LogP contribution in [0.25, 0.3) is 11.3 Å². The summed E-state index contributed by atoms with van der Waals surface area (Å²) < 4.78 is 1.33. The standard InChI is InChI=1S/C24H25N3O2/c1-16-9-8-14-21(17(16)2)25-22(28)15-27-24(29)20-13-7-6-12-19(20)23(26-27)18-10-4-3-5-11-18/h3-5,8-11,14H,6-7,12-13,15H2,1-2H3,(H,25,28). The van der Waals surface area contributed by atoms with Crippen LogP contribution < -0.4 is 10.9 Å². The van der Waals surface area contributed by atoms with Gasteiger partial charge in [-0.2, -0.15) is 5.10 Å². The summed E-state index contributed by atoms with van der Waals surface area (Å²) >= 11 is 0. The fourth-order valence-corrected chi connectivity index (χ4v) is 3.93. The quantitative estimate of drug-likeness (QED) is 0.735. The van der Waals surface area contributed by atoms with Crippen LogP contribution in [-0.4, -0.2) is 15.7 Å². The molecule has 0 aliphatic heterocycles. The Kier molecular flexibility index (Phi) is 5.30. The molecule has 0 radical (unpaired) electrons. The maximum absolute atomic E-state index is 13.0. The lowest BCUT2D eigenvalue weighted by molar-refractivity contribution is -0.117. The molecular formula is C24H25N3O2. The predicted molar refractivity (Wildman–Crippen MR) is 115 cm³/mol. The Labute approximate surface area is 170 Å². The summed E-state index contributed by atoms with van der Waals surface area (Å²) in [5, 5.41) is 7.55. The van der Waals surface area contributed by atoms with Crippen molar-refractivity contribution in [2.45, 2.75) is 46.1 Å². The van der Waals surface area contributed by atoms with Crippen molar-refractivity contribution in [2.75, 3.05) is 5.32 Å². The first-order valence-corrected chi connectivity index (χ1v) is 10.1. The smallest absolute Gasteiger partial charge is 0.270 e. The number of hydrogen-bond donors (Lipinski definition) is 1. The molecule has 0 bridgehead atoms. The predicted octanol–water partition coefficient (Wildman–Crippen LogP) is 4.04. The molecule has 2 aromatic carbocycles. The highest BCUT2D eigenvalue weighted by atomic mass is 16.2. The largest absolute Gasteiger partial charge is 0.324 e. The molecule has 0 saturated heterocycles. The highest BCUT2D eigenvalue weighted by Crippen LogP contribution is 2.28. The van der Waals surface area contributed by atoms with Gasteiger partial charge in [-0.05, 0) is 62.3 Å². The summed E-state index contributed by atoms with van der Waals surface area (Å²) in [4.78, 5) is 25.7. The molecule has 0 spiro atoms. The van der Waals surface area contributed by atoms with Gasteiger partial charge >= 0.3 is 0 Å². The molecule has 148 valence electrons. The van der Waals surface area contributed by atoms with Crippen molar-refractivity contribution >= 4 is 11.6 Å². The van der Waals surface area contributed by atoms with Gasteiger partial charge in [-0.3, -0.25) is 9.59 Å². The maximum atomic E-state index is 13.0. The second-order valence-corrected chi connectivity index (χ2v) is 7.64. The van der Waals surface area contributed by atoms with Gasteiger partial charge in [0.1, 0.15) is 6.54 Å². The van der Waals surface area contributed by atoms with Gasteiger partial charge in [-0.15, -0.1) is 0 Å². The number of anilines is 1. The summed E-state index contributed by atoms with van der Waals surface area (Å²) in [6.45, 7) is 3.88. The first kappa shape index (κ1) is 19.1. The van der Waals surface area contributed by atoms with E-state index in [1.54, 1.807) is 0 Å². The molecule has 0 fully saturated rings. The van der Waals surface area contributed by atoms with Gasteiger partial charge in [-0.1, -0.05) is 42.5 Å². The summed E-state index contributed by atoms with van der Waals surface area (Å²) in [7, 11) is 0. The Bertz CT molecular complexity index is 1120. The Morgan fingerprint density at radius 1 is 1.00 bits per heavy atom. The molecule has 1 heterocycles. The highest BCUT2D eigenvalue weighted by molar-refractivity contribution is 5.91. The van der Waals surface area contributed by atoms with Crippen LogP contribution in [0.5, 0.6) is 0 Å². The number of fused-ring (bicyclic) bond motifs is 1. The molecule has 0 saturated carbocycles. The average molecular weight is 387 g/mol. The van der Waals surface area contributed by atoms with Crippen LogP contribution >= 0.6 is 0 Å². The van der Waals surface area contributed by atoms with Crippen LogP contribution in [0, 0.1) is 13.8 Å². The van der Waals surface area contributed by atoms with E-state index < -0.39 is 0 Å². The molecule has 29 heavy (non-hydrogen) atoms. The van der Waals surface area contributed by atoms with Crippen LogP contribution in [0.15, 0.2) is 53.3 Å². The number of nitrogens with zero attached hydrogens (tertiary/aromatic N) is 2. The minimum atomic E-state index is -0.247. The Morgan fingerprint density at radius 3 is 2.48 bits per heavy atom. The Morgan fingerprint density at radius 2 is 1.72 bits per heavy atom. The second kappa shape index (κ2) is 8.03. The number of carbonyl (C=O) groups is 1. The third-order valence-corrected chi connectivity index (χ3v) is 5.69. The number of hydrogen-bond acceptors (Lipinski definition) is 3. The number of carbonyl (C=O) groups excluding carboxylic acids is 1. The molecule has 4 rings (SSSR count). The van der Waals surface area contributed by atoms with Crippen molar-refractivity contribution in [1.29, 1.82) is 0 Å². The number of nitrogens with one attached hydrogen (secondary N) is 1. The monoisotopic (exact) mass is 387 g/mol. The number of rotatable bonds is 4. The number of benzene rings is 2. The molecule has 3 aromatic rings. The molecule has 5 heteroatoms. The first-order chi connectivity index (χ1) is 14.0. The number of amides is 1. The van der Waals surface area contributed by atoms with E-state index in [1.165, 1.54) is 4.68 Å². The molecule has 1 amide bonds. The van der Waals surface area contributed by atoms with Crippen molar-refractivity contribution < 1.29 is 4.79 Å². The van der Waals surface area contributed by atoms with Crippen molar-refractivity contribution in [3.63, 3.8) is 0 Å². The van der Waals surface area contributed by atoms with Crippen LogP contribution in [0.2, 0.25) is 0 Å². The third-order valence-electron chi connectivity index (χ3n) is 5.69. The van der Waals surface area contributed by atoms with E-state index in [0.717, 1.165) is 64.9 Å². The second-order valence-electron chi connectivity index (χ2n) is 7.64. The summed E-state index contributed by atoms with van der Waals surface area (Å²) in [5.41, 5.74) is 6.41. The highest BCUT2D eigenvalue weighted by Gasteiger charge is 2.22. The van der Waals surface area contributed by atoms with Crippen molar-refractivity contribution in [2.24, 2.45) is 0 Å². The Balaban J connectivity index is 1.69. The van der Waals surface area contributed by atoms with E-state index in [9.17, 15) is 9.59 Å². The molecule has 1 aliphatic rings. The van der Waals surface area contributed by atoms with Crippen molar-refractivity contribution in [1.82, 2.24) is 9.78 Å². The van der Waals surface area contributed by atoms with Gasteiger partial charge in [0.25, 0.3) is 5.56 Å². The molecular weight excluding hydrogens is 362 g/mol. The fraction of sp³-hybridized carbons (Fsp3) is 0.292. The molecule has 5 nitrogen and oxygen atoms in total. The maximum Gasteiger partial charge on any atom is 0.270 e. The Hall–Kier alpha value is -3.21. The number of aromatic nitrogens is 2. The van der Waals surface area contributed by atoms with Gasteiger partial charge in [0.2, 0.25) is 5.91 Å². The summed E-state index contributed by atoms with van der Waals surface area (Å²) in [5.74, 6) is -0.247. The van der Waals surface area contributed by atoms with Crippen LogP contribution in [0.1, 0.15) is 35.1 Å². The van der Waals surface area contributed by atoms with Crippen molar-refractivity contribution in [3.05, 3.63) is 81.1 Å². The molecule has 0 unspecified atom stereocenters. The zero-order valence-electron chi connectivity index (χ0n) is 16.9. The topological polar surface area (TPSA) is 64.0 Å². The summed E-state index contributed by atoms with van der Waals surface area (Å²) in [6.07, 6.45) is 3.66. The SMILES string of the molecule is Cc1cccc(NC(=O)Cn2nc(-c3ccccc3)c3c(c2=O)CCCC3)c1C. The minimum absolute atomic E-state index is 0.0979. The molecule has 0 atom stereocenters. The van der Waals surface area contributed by atoms with E-state index in [1.807, 2.05) is 62.4 Å². The fourth-order valence-electron chi connectivity index (χ4n) is 3.93. The van der Waals surface area contributed by atoms with E-state index in [0.29, 0.717) is 0 Å². The van der Waals surface area contributed by atoms with Gasteiger partial charge in [0.05, 0.1) is 5.69 Å². The van der Waals surface area contributed by atoms with Gasteiger partial charge in [0, 0.05) is 16.8 Å². The lowest BCUT2D eigenvalue weighted by Crippen LogP contribution is -2.34. The first-order valence-electron chi connectivity index (χ1n) is 10.1. The van der Waals surface area contributed by atoms with Crippen LogP contribution in [0.3, 0.4) is 0 Å². The van der Waals surface area contributed by atoms with E-state index in [-0.39, 0.29) is 18.0 Å².